The van der Waals surface area contributed by atoms with Crippen LogP contribution in [0.25, 0.3) is 22.6 Å². The molecule has 0 saturated heterocycles. The van der Waals surface area contributed by atoms with Crippen molar-refractivity contribution in [3.05, 3.63) is 47.5 Å². The Balaban J connectivity index is 2.23. The highest BCUT2D eigenvalue weighted by Gasteiger charge is 2.17. The number of aryl methyl sites for hydroxylation is 1. The molecular weight excluding hydrogens is 258 g/mol. The predicted octanol–water partition coefficient (Wildman–Crippen LogP) is 3.21. The minimum atomic E-state index is -1.07. The molecule has 2 aromatic carbocycles. The van der Waals surface area contributed by atoms with Crippen LogP contribution < -0.4 is 0 Å². The maximum Gasteiger partial charge on any atom is 0.338 e. The molecule has 5 nitrogen and oxygen atoms in total. The first-order chi connectivity index (χ1) is 9.56. The van der Waals surface area contributed by atoms with Crippen LogP contribution in [0.4, 0.5) is 0 Å². The number of phenolic OH excluding ortho intramolecular Hbond substituents is 1. The summed E-state index contributed by atoms with van der Waals surface area (Å²) in [6, 6.07) is 9.81. The number of carbonyl (C=O) groups is 1. The molecule has 0 spiro atoms. The molecule has 0 saturated carbocycles. The van der Waals surface area contributed by atoms with Gasteiger partial charge in [0.25, 0.3) is 0 Å². The second-order valence-electron chi connectivity index (χ2n) is 4.50. The molecule has 0 aliphatic carbocycles. The maximum absolute atomic E-state index is 11.1. The molecule has 0 fully saturated rings. The molecule has 5 heteroatoms. The van der Waals surface area contributed by atoms with Crippen LogP contribution in [0.1, 0.15) is 15.9 Å². The zero-order valence-corrected chi connectivity index (χ0v) is 10.6. The third-order valence-corrected chi connectivity index (χ3v) is 3.03. The van der Waals surface area contributed by atoms with E-state index < -0.39 is 5.97 Å². The summed E-state index contributed by atoms with van der Waals surface area (Å²) >= 11 is 0. The standard InChI is InChI=1S/C15H11NO4/c1-8-5-6-9(11(17)7-8)14-16-13-10(15(18)19)3-2-4-12(13)20-14/h2-7,17H,1H3,(H,18,19). The maximum atomic E-state index is 11.1. The molecule has 1 heterocycles. The summed E-state index contributed by atoms with van der Waals surface area (Å²) in [5, 5.41) is 19.1. The van der Waals surface area contributed by atoms with Gasteiger partial charge in [0.2, 0.25) is 5.89 Å². The van der Waals surface area contributed by atoms with Crippen molar-refractivity contribution >= 4 is 17.1 Å². The number of rotatable bonds is 2. The Kier molecular flexibility index (Phi) is 2.68. The molecule has 2 N–H and O–H groups in total. The SMILES string of the molecule is Cc1ccc(-c2nc3c(C(=O)O)cccc3o2)c(O)c1. The average Bonchev–Trinajstić information content (AvgIpc) is 2.81. The number of para-hydroxylation sites is 1. The predicted molar refractivity (Wildman–Crippen MR) is 72.8 cm³/mol. The van der Waals surface area contributed by atoms with E-state index in [0.717, 1.165) is 5.56 Å². The van der Waals surface area contributed by atoms with Crippen LogP contribution in [0.2, 0.25) is 0 Å². The number of oxazole rings is 1. The van der Waals surface area contributed by atoms with Crippen molar-refractivity contribution < 1.29 is 19.4 Å². The fraction of sp³-hybridized carbons (Fsp3) is 0.0667. The van der Waals surface area contributed by atoms with E-state index in [9.17, 15) is 9.90 Å². The van der Waals surface area contributed by atoms with E-state index in [1.807, 2.05) is 13.0 Å². The van der Waals surface area contributed by atoms with Gasteiger partial charge >= 0.3 is 5.97 Å². The number of carboxylic acids is 1. The number of carboxylic acid groups (broad SMARTS) is 1. The molecular formula is C15H11NO4. The molecule has 0 radical (unpaired) electrons. The summed E-state index contributed by atoms with van der Waals surface area (Å²) in [5.74, 6) is -0.816. The Bertz CT molecular complexity index is 820. The third kappa shape index (κ3) is 1.89. The lowest BCUT2D eigenvalue weighted by Gasteiger charge is -2.00. The van der Waals surface area contributed by atoms with Gasteiger partial charge < -0.3 is 14.6 Å². The highest BCUT2D eigenvalue weighted by atomic mass is 16.4. The van der Waals surface area contributed by atoms with Gasteiger partial charge in [-0.3, -0.25) is 0 Å². The number of fused-ring (bicyclic) bond motifs is 1. The van der Waals surface area contributed by atoms with Crippen LogP contribution in [0.15, 0.2) is 40.8 Å². The minimum absolute atomic E-state index is 0.0495. The van der Waals surface area contributed by atoms with E-state index in [-0.39, 0.29) is 22.7 Å². The van der Waals surface area contributed by atoms with Gasteiger partial charge in [0.05, 0.1) is 11.1 Å². The highest BCUT2D eigenvalue weighted by Crippen LogP contribution is 2.32. The zero-order chi connectivity index (χ0) is 14.3. The minimum Gasteiger partial charge on any atom is -0.507 e. The van der Waals surface area contributed by atoms with E-state index in [0.29, 0.717) is 11.1 Å². The van der Waals surface area contributed by atoms with Crippen molar-refractivity contribution in [2.75, 3.05) is 0 Å². The van der Waals surface area contributed by atoms with E-state index in [4.69, 9.17) is 9.52 Å². The highest BCUT2D eigenvalue weighted by molar-refractivity contribution is 6.00. The first-order valence-corrected chi connectivity index (χ1v) is 5.99. The number of aromatic nitrogens is 1. The molecule has 0 bridgehead atoms. The van der Waals surface area contributed by atoms with Crippen molar-refractivity contribution in [3.8, 4) is 17.2 Å². The number of phenols is 1. The monoisotopic (exact) mass is 269 g/mol. The van der Waals surface area contributed by atoms with Crippen molar-refractivity contribution in [2.24, 2.45) is 0 Å². The second kappa shape index (κ2) is 4.38. The lowest BCUT2D eigenvalue weighted by molar-refractivity contribution is 0.0699. The van der Waals surface area contributed by atoms with Gasteiger partial charge in [-0.1, -0.05) is 12.1 Å². The molecule has 0 aliphatic rings. The normalized spacial score (nSPS) is 10.8. The zero-order valence-electron chi connectivity index (χ0n) is 10.6. The van der Waals surface area contributed by atoms with Gasteiger partial charge in [-0.2, -0.15) is 0 Å². The lowest BCUT2D eigenvalue weighted by atomic mass is 10.1. The van der Waals surface area contributed by atoms with Crippen LogP contribution in [0.5, 0.6) is 5.75 Å². The fourth-order valence-electron chi connectivity index (χ4n) is 2.06. The molecule has 0 amide bonds. The van der Waals surface area contributed by atoms with Gasteiger partial charge in [-0.25, -0.2) is 9.78 Å². The summed E-state index contributed by atoms with van der Waals surface area (Å²) in [4.78, 5) is 15.3. The summed E-state index contributed by atoms with van der Waals surface area (Å²) in [6.45, 7) is 1.86. The number of hydrogen-bond donors (Lipinski definition) is 2. The van der Waals surface area contributed by atoms with Gasteiger partial charge in [-0.05, 0) is 36.8 Å². The summed E-state index contributed by atoms with van der Waals surface area (Å²) in [7, 11) is 0. The lowest BCUT2D eigenvalue weighted by Crippen LogP contribution is -1.96. The molecule has 20 heavy (non-hydrogen) atoms. The Labute approximate surface area is 114 Å². The van der Waals surface area contributed by atoms with Crippen LogP contribution in [-0.4, -0.2) is 21.2 Å². The number of nitrogens with zero attached hydrogens (tertiary/aromatic N) is 1. The first kappa shape index (κ1) is 12.2. The Hall–Kier alpha value is -2.82. The molecule has 100 valence electrons. The van der Waals surface area contributed by atoms with Gasteiger partial charge in [-0.15, -0.1) is 0 Å². The molecule has 3 aromatic rings. The van der Waals surface area contributed by atoms with Gasteiger partial charge in [0.15, 0.2) is 5.58 Å². The van der Waals surface area contributed by atoms with Crippen molar-refractivity contribution in [2.45, 2.75) is 6.92 Å². The van der Waals surface area contributed by atoms with Crippen molar-refractivity contribution in [1.82, 2.24) is 4.98 Å². The molecule has 0 atom stereocenters. The summed E-state index contributed by atoms with van der Waals surface area (Å²) in [5.41, 5.74) is 2.07. The summed E-state index contributed by atoms with van der Waals surface area (Å²) in [6.07, 6.45) is 0. The van der Waals surface area contributed by atoms with Crippen molar-refractivity contribution in [1.29, 1.82) is 0 Å². The van der Waals surface area contributed by atoms with Crippen LogP contribution >= 0.6 is 0 Å². The summed E-state index contributed by atoms with van der Waals surface area (Å²) < 4.78 is 5.53. The number of benzene rings is 2. The van der Waals surface area contributed by atoms with Gasteiger partial charge in [0.1, 0.15) is 11.3 Å². The van der Waals surface area contributed by atoms with Crippen LogP contribution in [-0.2, 0) is 0 Å². The van der Waals surface area contributed by atoms with Gasteiger partial charge in [0, 0.05) is 0 Å². The number of hydrogen-bond acceptors (Lipinski definition) is 4. The molecule has 0 unspecified atom stereocenters. The van der Waals surface area contributed by atoms with E-state index in [1.54, 1.807) is 24.3 Å². The Morgan fingerprint density at radius 2 is 2.05 bits per heavy atom. The molecule has 1 aromatic heterocycles. The topological polar surface area (TPSA) is 83.6 Å². The Morgan fingerprint density at radius 3 is 2.75 bits per heavy atom. The average molecular weight is 269 g/mol. The number of aromatic carboxylic acids is 1. The largest absolute Gasteiger partial charge is 0.507 e. The van der Waals surface area contributed by atoms with E-state index in [1.165, 1.54) is 6.07 Å². The van der Waals surface area contributed by atoms with Crippen molar-refractivity contribution in [3.63, 3.8) is 0 Å². The smallest absolute Gasteiger partial charge is 0.338 e. The van der Waals surface area contributed by atoms with E-state index in [2.05, 4.69) is 4.98 Å². The van der Waals surface area contributed by atoms with Crippen LogP contribution in [0.3, 0.4) is 0 Å². The molecule has 0 aliphatic heterocycles. The third-order valence-electron chi connectivity index (χ3n) is 3.03. The number of aromatic hydroxyl groups is 1. The second-order valence-corrected chi connectivity index (χ2v) is 4.50. The Morgan fingerprint density at radius 1 is 1.25 bits per heavy atom. The fourth-order valence-corrected chi connectivity index (χ4v) is 2.06. The van der Waals surface area contributed by atoms with E-state index >= 15 is 0 Å². The van der Waals surface area contributed by atoms with Crippen LogP contribution in [0, 0.1) is 6.92 Å². The molecule has 3 rings (SSSR count). The quantitative estimate of drug-likeness (QED) is 0.746. The first-order valence-electron chi connectivity index (χ1n) is 5.99.